The van der Waals surface area contributed by atoms with Gasteiger partial charge in [-0.1, -0.05) is 119 Å². The molecule has 0 saturated carbocycles. The zero-order chi connectivity index (χ0) is 43.2. The number of fused-ring (bicyclic) bond motifs is 8. The fourth-order valence-corrected chi connectivity index (χ4v) is 9.50. The van der Waals surface area contributed by atoms with E-state index >= 15 is 0 Å². The summed E-state index contributed by atoms with van der Waals surface area (Å²) in [6, 6.07) is -0.523. The van der Waals surface area contributed by atoms with Crippen LogP contribution in [-0.2, 0) is 25.5 Å². The molecule has 3 aliphatic rings. The molecule has 3 aromatic heterocycles. The van der Waals surface area contributed by atoms with Crippen LogP contribution in [0.4, 0.5) is 0 Å². The maximum Gasteiger partial charge on any atom is 2.00 e. The van der Waals surface area contributed by atoms with E-state index in [0.717, 1.165) is 53.1 Å². The molecule has 0 spiro atoms. The first-order chi connectivity index (χ1) is 28.9. The number of ether oxygens (including phenoxy) is 2. The van der Waals surface area contributed by atoms with E-state index in [1.807, 2.05) is 45.1 Å². The van der Waals surface area contributed by atoms with Gasteiger partial charge in [0.25, 0.3) is 0 Å². The minimum atomic E-state index is -1.19. The van der Waals surface area contributed by atoms with Crippen molar-refractivity contribution in [3.8, 4) is 0 Å². The largest absolute Gasteiger partial charge is 2.00 e. The van der Waals surface area contributed by atoms with E-state index in [-0.39, 0.29) is 59.7 Å². The van der Waals surface area contributed by atoms with Gasteiger partial charge in [0.2, 0.25) is 0 Å². The summed E-state index contributed by atoms with van der Waals surface area (Å²) in [5, 5.41) is 16.3. The number of esters is 2. The molecule has 2 aliphatic heterocycles. The van der Waals surface area contributed by atoms with Crippen molar-refractivity contribution in [1.29, 1.82) is 0 Å². The number of Topliss-reactive ketones (excluding diaryl/α,β-unsaturated/α-hetero) is 1. The number of aromatic nitrogens is 3. The van der Waals surface area contributed by atoms with Crippen molar-refractivity contribution in [2.75, 3.05) is 13.7 Å². The van der Waals surface area contributed by atoms with Gasteiger partial charge in [0.05, 0.1) is 19.4 Å². The van der Waals surface area contributed by atoms with Crippen LogP contribution in [0.2, 0.25) is 0 Å². The molecule has 11 heteroatoms. The molecule has 61 heavy (non-hydrogen) atoms. The Bertz CT molecular complexity index is 2440. The van der Waals surface area contributed by atoms with Crippen molar-refractivity contribution in [2.45, 2.75) is 125 Å². The number of hydrogen-bond acceptors (Lipinski definition) is 7. The van der Waals surface area contributed by atoms with Gasteiger partial charge in [-0.3, -0.25) is 14.4 Å². The second-order valence-corrected chi connectivity index (χ2v) is 17.1. The number of ketones is 1. The summed E-state index contributed by atoms with van der Waals surface area (Å²) in [5.41, 5.74) is 8.29. The summed E-state index contributed by atoms with van der Waals surface area (Å²) < 4.78 is 11.0. The summed E-state index contributed by atoms with van der Waals surface area (Å²) in [7, 11) is 1.29. The Morgan fingerprint density at radius 1 is 0.967 bits per heavy atom. The molecule has 5 atom stereocenters. The van der Waals surface area contributed by atoms with Crippen LogP contribution in [-0.4, -0.2) is 65.6 Å². The van der Waals surface area contributed by atoms with Gasteiger partial charge in [0.1, 0.15) is 12.5 Å². The van der Waals surface area contributed by atoms with Crippen LogP contribution in [0.3, 0.4) is 0 Å². The second-order valence-electron chi connectivity index (χ2n) is 17.1. The molecule has 1 fully saturated rings. The second kappa shape index (κ2) is 21.1. The van der Waals surface area contributed by atoms with Crippen LogP contribution in [0.25, 0.3) is 36.1 Å². The molecule has 10 nitrogen and oxygen atoms in total. The van der Waals surface area contributed by atoms with Gasteiger partial charge in [-0.2, -0.15) is 0 Å². The quantitative estimate of drug-likeness (QED) is 0.0570. The number of hydrogen-bond donors (Lipinski definition) is 2. The Labute approximate surface area is 377 Å². The van der Waals surface area contributed by atoms with Crippen molar-refractivity contribution >= 4 is 76.9 Å². The van der Waals surface area contributed by atoms with Crippen LogP contribution >= 0.6 is 0 Å². The molecule has 1 aliphatic carbocycles. The van der Waals surface area contributed by atoms with E-state index in [1.165, 1.54) is 51.2 Å². The summed E-state index contributed by atoms with van der Waals surface area (Å²) in [6.45, 7) is 18.9. The molecule has 0 amide bonds. The van der Waals surface area contributed by atoms with Crippen LogP contribution in [0.15, 0.2) is 23.9 Å². The Kier molecular flexibility index (Phi) is 16.4. The molecule has 6 rings (SSSR count). The Morgan fingerprint density at radius 3 is 2.39 bits per heavy atom. The first-order valence-corrected chi connectivity index (χ1v) is 22.0. The molecule has 8 bridgehead atoms. The molecule has 0 radical (unpaired) electrons. The Balaban J connectivity index is 0.00000704. The number of rotatable bonds is 17. The van der Waals surface area contributed by atoms with Gasteiger partial charge in [-0.05, 0) is 80.7 Å². The predicted octanol–water partition coefficient (Wildman–Crippen LogP) is 5.71. The maximum atomic E-state index is 14.4. The number of aliphatic hydroxyl groups excluding tert-OH is 1. The first-order valence-electron chi connectivity index (χ1n) is 22.0. The number of aliphatic hydroxyl groups is 1. The van der Waals surface area contributed by atoms with Crippen LogP contribution < -0.4 is 41.5 Å². The maximum absolute atomic E-state index is 14.4. The summed E-state index contributed by atoms with van der Waals surface area (Å²) >= 11 is 0. The number of unbranched alkanes of at least 4 members (excludes halogenated alkanes) is 3. The van der Waals surface area contributed by atoms with E-state index in [0.29, 0.717) is 62.2 Å². The van der Waals surface area contributed by atoms with Crippen molar-refractivity contribution in [3.05, 3.63) is 90.1 Å². The SMILES string of the molecule is C=Cc1c2[n-]c(c1C)/C=C1\NC(C3=c4[n-]/c(c(C)c4C(=O)[C@@H]3C(=O)OC)=C\c3[n-]c(/c(=C\O)c3CC)=C\2)[C@@H](CCC(=O)OC/C=C(\C)CCC[C@H](C)CCCCCC)[C@@H]1C.[Mg+2]. The third kappa shape index (κ3) is 9.93. The molecule has 5 heterocycles. The minimum absolute atomic E-state index is 0. The zero-order valence-electron chi connectivity index (χ0n) is 37.6. The van der Waals surface area contributed by atoms with Gasteiger partial charge in [0.15, 0.2) is 5.78 Å². The van der Waals surface area contributed by atoms with Crippen LogP contribution in [0, 0.1) is 37.5 Å². The van der Waals surface area contributed by atoms with E-state index < -0.39 is 17.9 Å². The number of nitrogens with one attached hydrogen (secondary N) is 1. The van der Waals surface area contributed by atoms with Gasteiger partial charge in [-0.25, -0.2) is 0 Å². The first kappa shape index (κ1) is 47.6. The molecule has 1 saturated heterocycles. The normalized spacial score (nSPS) is 22.0. The summed E-state index contributed by atoms with van der Waals surface area (Å²) in [5.74, 6) is -2.10. The predicted molar refractivity (Wildman–Crippen MR) is 243 cm³/mol. The smallest absolute Gasteiger partial charge is 0.657 e. The number of methoxy groups -OCH3 is 1. The third-order valence-electron chi connectivity index (χ3n) is 13.1. The van der Waals surface area contributed by atoms with E-state index in [2.05, 4.69) is 39.6 Å². The average molecular weight is 840 g/mol. The molecular formula is C50H63MgN4O6-. The minimum Gasteiger partial charge on any atom is -0.657 e. The molecule has 1 unspecified atom stereocenters. The molecule has 0 aromatic carbocycles. The number of carbonyl (C=O) groups is 3. The van der Waals surface area contributed by atoms with Crippen molar-refractivity contribution < 1.29 is 29.0 Å². The van der Waals surface area contributed by atoms with Gasteiger partial charge in [-0.15, -0.1) is 33.1 Å². The fourth-order valence-electron chi connectivity index (χ4n) is 9.50. The Hall–Kier alpha value is -4.48. The summed E-state index contributed by atoms with van der Waals surface area (Å²) in [4.78, 5) is 56.3. The fraction of sp³-hybridized carbons (Fsp3) is 0.500. The standard InChI is InChI=1S/C50H63N4O6.Mg/c1-10-13-14-15-17-28(4)18-16-19-29(5)22-23-60-43(56)21-20-35-31(7)38-24-37-30(6)33(11-2)40(51-37)26-42-36(27-55)34(12-3)41(52-42)25-39-32(8)44-48(54-39)45(47(35)53-38)46(49(44)57)50(58)59-9;/h11,22,24-28,31,35,46-47,53H,2,10,12-21,23H2,1,3-9H3,(H,55,57);/q-3;+2/b29-22+,38-24-,42-26-;/t28-,31+,35+,46-,47?;/m1./s1. The van der Waals surface area contributed by atoms with Crippen LogP contribution in [0.5, 0.6) is 0 Å². The molecule has 2 N–H and O–H groups in total. The summed E-state index contributed by atoms with van der Waals surface area (Å²) in [6.07, 6.45) is 21.6. The van der Waals surface area contributed by atoms with Gasteiger partial charge in [0, 0.05) is 23.6 Å². The third-order valence-corrected chi connectivity index (χ3v) is 13.1. The van der Waals surface area contributed by atoms with Gasteiger partial charge < -0.3 is 34.8 Å². The molecular weight excluding hydrogens is 777 g/mol. The number of nitrogens with zero attached hydrogens (tertiary/aromatic N) is 3. The van der Waals surface area contributed by atoms with E-state index in [9.17, 15) is 19.5 Å². The van der Waals surface area contributed by atoms with E-state index in [4.69, 9.17) is 24.4 Å². The Morgan fingerprint density at radius 2 is 1.70 bits per heavy atom. The molecule has 3 aromatic rings. The van der Waals surface area contributed by atoms with Crippen LogP contribution in [0.1, 0.15) is 149 Å². The van der Waals surface area contributed by atoms with Crippen molar-refractivity contribution in [1.82, 2.24) is 20.3 Å². The number of allylic oxidation sites excluding steroid dienone is 2. The molecule has 322 valence electrons. The number of carbonyl (C=O) groups excluding carboxylic acids is 3. The van der Waals surface area contributed by atoms with Crippen molar-refractivity contribution in [3.63, 3.8) is 0 Å². The topological polar surface area (TPSA) is 144 Å². The van der Waals surface area contributed by atoms with E-state index in [1.54, 1.807) is 6.08 Å². The average Bonchev–Trinajstić information content (AvgIpc) is 3.98. The van der Waals surface area contributed by atoms with Crippen molar-refractivity contribution in [2.24, 2.45) is 23.7 Å². The zero-order valence-corrected chi connectivity index (χ0v) is 39.0. The monoisotopic (exact) mass is 839 g/mol. The van der Waals surface area contributed by atoms with Gasteiger partial charge >= 0.3 is 35.0 Å².